The molecule has 0 aliphatic carbocycles. The average Bonchev–Trinajstić information content (AvgIpc) is 2.60. The van der Waals surface area contributed by atoms with Gasteiger partial charge in [-0.25, -0.2) is 0 Å². The smallest absolute Gasteiger partial charge is 0.390 e. The summed E-state index contributed by atoms with van der Waals surface area (Å²) in [4.78, 5) is 8.35. The molecule has 1 aromatic carbocycles. The van der Waals surface area contributed by atoms with E-state index in [0.717, 1.165) is 38.5 Å². The van der Waals surface area contributed by atoms with Crippen molar-refractivity contribution in [2.75, 3.05) is 52.9 Å². The third-order valence-electron chi connectivity index (χ3n) is 3.99. The fraction of sp³-hybridized carbons (Fsp3) is 0.588. The Morgan fingerprint density at radius 2 is 1.81 bits per heavy atom. The van der Waals surface area contributed by atoms with Crippen LogP contribution in [0.1, 0.15) is 6.42 Å². The van der Waals surface area contributed by atoms with Gasteiger partial charge in [-0.3, -0.25) is 9.89 Å². The minimum atomic E-state index is -4.15. The second-order valence-electron chi connectivity index (χ2n) is 5.83. The molecule has 26 heavy (non-hydrogen) atoms. The number of rotatable bonds is 6. The molecule has 0 unspecified atom stereocenters. The van der Waals surface area contributed by atoms with Crippen LogP contribution < -0.4 is 10.1 Å². The number of alkyl halides is 3. The van der Waals surface area contributed by atoms with Crippen molar-refractivity contribution in [3.63, 3.8) is 0 Å². The van der Waals surface area contributed by atoms with Gasteiger partial charge in [0.2, 0.25) is 0 Å². The Morgan fingerprint density at radius 1 is 1.15 bits per heavy atom. The first-order valence-electron chi connectivity index (χ1n) is 8.40. The van der Waals surface area contributed by atoms with Gasteiger partial charge >= 0.3 is 6.18 Å². The molecule has 1 aromatic rings. The van der Waals surface area contributed by atoms with Gasteiger partial charge < -0.3 is 15.0 Å². The summed E-state index contributed by atoms with van der Waals surface area (Å²) in [6.07, 6.45) is -5.01. The Balaban J connectivity index is 0.00000338. The topological polar surface area (TPSA) is 40.1 Å². The predicted molar refractivity (Wildman–Crippen MR) is 107 cm³/mol. The molecule has 1 aliphatic rings. The summed E-state index contributed by atoms with van der Waals surface area (Å²) in [5.74, 6) is 1.39. The van der Waals surface area contributed by atoms with Crippen LogP contribution in [0.4, 0.5) is 13.2 Å². The van der Waals surface area contributed by atoms with Gasteiger partial charge in [-0.05, 0) is 12.1 Å². The van der Waals surface area contributed by atoms with E-state index in [4.69, 9.17) is 4.74 Å². The molecule has 1 N–H and O–H groups in total. The van der Waals surface area contributed by atoms with Gasteiger partial charge in [0, 0.05) is 46.3 Å². The summed E-state index contributed by atoms with van der Waals surface area (Å²) >= 11 is 0. The number of ether oxygens (including phenoxy) is 1. The minimum Gasteiger partial charge on any atom is -0.492 e. The van der Waals surface area contributed by atoms with E-state index in [9.17, 15) is 13.2 Å². The monoisotopic (exact) mass is 486 g/mol. The molecule has 0 bridgehead atoms. The normalized spacial score (nSPS) is 16.2. The second kappa shape index (κ2) is 11.5. The summed E-state index contributed by atoms with van der Waals surface area (Å²) in [7, 11) is 1.59. The molecule has 0 aromatic heterocycles. The molecule has 5 nitrogen and oxygen atoms in total. The van der Waals surface area contributed by atoms with Gasteiger partial charge in [0.1, 0.15) is 12.4 Å². The Kier molecular flexibility index (Phi) is 10.1. The van der Waals surface area contributed by atoms with Crippen LogP contribution in [0.3, 0.4) is 0 Å². The Labute approximate surface area is 169 Å². The van der Waals surface area contributed by atoms with Gasteiger partial charge in [0.05, 0.1) is 6.42 Å². The van der Waals surface area contributed by atoms with E-state index in [1.807, 2.05) is 35.2 Å². The summed E-state index contributed by atoms with van der Waals surface area (Å²) in [5, 5.41) is 2.79. The first-order chi connectivity index (χ1) is 12.0. The number of piperazine rings is 1. The largest absolute Gasteiger partial charge is 0.492 e. The van der Waals surface area contributed by atoms with E-state index in [2.05, 4.69) is 15.2 Å². The maximum atomic E-state index is 12.2. The lowest BCUT2D eigenvalue weighted by Gasteiger charge is -2.36. The van der Waals surface area contributed by atoms with Crippen molar-refractivity contribution in [2.24, 2.45) is 4.99 Å². The Bertz CT molecular complexity index is 535. The number of nitrogens with one attached hydrogen (secondary N) is 1. The molecule has 0 radical (unpaired) electrons. The van der Waals surface area contributed by atoms with Crippen LogP contribution in [0.2, 0.25) is 0 Å². The molecule has 1 heterocycles. The van der Waals surface area contributed by atoms with Crippen LogP contribution in [-0.4, -0.2) is 74.9 Å². The van der Waals surface area contributed by atoms with E-state index in [0.29, 0.717) is 12.6 Å². The number of aliphatic imine (C=N–C) groups is 1. The third kappa shape index (κ3) is 8.43. The van der Waals surface area contributed by atoms with Crippen molar-refractivity contribution in [1.29, 1.82) is 0 Å². The molecule has 9 heteroatoms. The number of halogens is 4. The Hall–Kier alpha value is -1.23. The number of nitrogens with zero attached hydrogens (tertiary/aromatic N) is 3. The van der Waals surface area contributed by atoms with Crippen molar-refractivity contribution in [1.82, 2.24) is 15.1 Å². The summed E-state index contributed by atoms with van der Waals surface area (Å²) in [6.45, 7) is 4.41. The molecule has 0 spiro atoms. The highest BCUT2D eigenvalue weighted by atomic mass is 127. The predicted octanol–water partition coefficient (Wildman–Crippen LogP) is 2.83. The minimum absolute atomic E-state index is 0. The maximum Gasteiger partial charge on any atom is 0.390 e. The van der Waals surface area contributed by atoms with Gasteiger partial charge in [0.15, 0.2) is 5.96 Å². The maximum absolute atomic E-state index is 12.2. The summed E-state index contributed by atoms with van der Waals surface area (Å²) in [6, 6.07) is 9.67. The summed E-state index contributed by atoms with van der Waals surface area (Å²) in [5.41, 5.74) is 0. The van der Waals surface area contributed by atoms with Crippen LogP contribution >= 0.6 is 24.0 Å². The number of hydrogen-bond donors (Lipinski definition) is 1. The SMILES string of the molecule is CN=C(NCCC(F)(F)F)N1CCN(CCOc2ccccc2)CC1.I. The molecule has 1 aliphatic heterocycles. The molecule has 0 atom stereocenters. The van der Waals surface area contributed by atoms with E-state index in [1.54, 1.807) is 7.05 Å². The van der Waals surface area contributed by atoms with Crippen molar-refractivity contribution >= 4 is 29.9 Å². The highest BCUT2D eigenvalue weighted by molar-refractivity contribution is 14.0. The van der Waals surface area contributed by atoms with Gasteiger partial charge in [-0.15, -0.1) is 24.0 Å². The molecule has 2 rings (SSSR count). The highest BCUT2D eigenvalue weighted by Gasteiger charge is 2.27. The fourth-order valence-corrected chi connectivity index (χ4v) is 2.64. The molecule has 0 amide bonds. The lowest BCUT2D eigenvalue weighted by atomic mass is 10.3. The first kappa shape index (κ1) is 22.8. The Morgan fingerprint density at radius 3 is 2.38 bits per heavy atom. The van der Waals surface area contributed by atoms with Crippen molar-refractivity contribution in [3.8, 4) is 5.75 Å². The average molecular weight is 486 g/mol. The van der Waals surface area contributed by atoms with E-state index < -0.39 is 12.6 Å². The number of hydrogen-bond acceptors (Lipinski definition) is 3. The molecule has 0 saturated carbocycles. The lowest BCUT2D eigenvalue weighted by Crippen LogP contribution is -2.53. The van der Waals surface area contributed by atoms with Crippen molar-refractivity contribution in [3.05, 3.63) is 30.3 Å². The number of para-hydroxylation sites is 1. The standard InChI is InChI=1S/C17H25F3N4O.HI/c1-21-16(22-8-7-17(18,19)20)24-11-9-23(10-12-24)13-14-25-15-5-3-2-4-6-15;/h2-6H,7-14H2,1H3,(H,21,22);1H. The van der Waals surface area contributed by atoms with Crippen LogP contribution in [0, 0.1) is 0 Å². The van der Waals surface area contributed by atoms with Gasteiger partial charge in [-0.2, -0.15) is 13.2 Å². The van der Waals surface area contributed by atoms with Crippen LogP contribution in [0.15, 0.2) is 35.3 Å². The lowest BCUT2D eigenvalue weighted by molar-refractivity contribution is -0.132. The summed E-state index contributed by atoms with van der Waals surface area (Å²) < 4.78 is 42.4. The van der Waals surface area contributed by atoms with Crippen molar-refractivity contribution < 1.29 is 17.9 Å². The molecule has 148 valence electrons. The van der Waals surface area contributed by atoms with E-state index >= 15 is 0 Å². The quantitative estimate of drug-likeness (QED) is 0.382. The van der Waals surface area contributed by atoms with Crippen LogP contribution in [0.5, 0.6) is 5.75 Å². The zero-order valence-electron chi connectivity index (χ0n) is 14.8. The third-order valence-corrected chi connectivity index (χ3v) is 3.99. The second-order valence-corrected chi connectivity index (χ2v) is 5.83. The van der Waals surface area contributed by atoms with E-state index in [1.165, 1.54) is 0 Å². The highest BCUT2D eigenvalue weighted by Crippen LogP contribution is 2.18. The van der Waals surface area contributed by atoms with Crippen molar-refractivity contribution in [2.45, 2.75) is 12.6 Å². The van der Waals surface area contributed by atoms with Crippen LogP contribution in [-0.2, 0) is 0 Å². The number of benzene rings is 1. The first-order valence-corrected chi connectivity index (χ1v) is 8.40. The fourth-order valence-electron chi connectivity index (χ4n) is 2.64. The molecule has 1 fully saturated rings. The van der Waals surface area contributed by atoms with Gasteiger partial charge in [0.25, 0.3) is 0 Å². The zero-order valence-corrected chi connectivity index (χ0v) is 17.2. The molecular weight excluding hydrogens is 460 g/mol. The number of guanidine groups is 1. The van der Waals surface area contributed by atoms with Crippen LogP contribution in [0.25, 0.3) is 0 Å². The molecular formula is C17H26F3IN4O. The molecule has 1 saturated heterocycles. The van der Waals surface area contributed by atoms with E-state index in [-0.39, 0.29) is 30.5 Å². The zero-order chi connectivity index (χ0) is 18.1. The van der Waals surface area contributed by atoms with Gasteiger partial charge in [-0.1, -0.05) is 18.2 Å².